The molecule has 3 aromatic carbocycles. The summed E-state index contributed by atoms with van der Waals surface area (Å²) < 4.78 is 0. The molecule has 0 atom stereocenters. The highest BCUT2D eigenvalue weighted by atomic mass is 14.3. The number of rotatable bonds is 1. The number of hydrogen-bond donors (Lipinski definition) is 0. The van der Waals surface area contributed by atoms with E-state index < -0.39 is 0 Å². The molecule has 3 aromatic rings. The van der Waals surface area contributed by atoms with Crippen molar-refractivity contribution in [2.24, 2.45) is 0 Å². The Morgan fingerprint density at radius 2 is 0.654 bits per heavy atom. The summed E-state index contributed by atoms with van der Waals surface area (Å²) in [6.07, 6.45) is 0. The summed E-state index contributed by atoms with van der Waals surface area (Å²) in [5.41, 5.74) is 14.7. The highest BCUT2D eigenvalue weighted by Crippen LogP contribution is 2.43. The van der Waals surface area contributed by atoms with Crippen LogP contribution in [0.4, 0.5) is 0 Å². The fraction of sp³-hybridized carbons (Fsp3) is 0.462. The van der Waals surface area contributed by atoms with Crippen LogP contribution in [0.15, 0.2) is 0 Å². The molecule has 0 aliphatic carbocycles. The molecule has 0 aliphatic rings. The second-order valence-corrected chi connectivity index (χ2v) is 8.69. The first-order valence-electron chi connectivity index (χ1n) is 9.94. The van der Waals surface area contributed by atoms with E-state index in [0.717, 1.165) is 0 Å². The molecule has 0 unspecified atom stereocenters. The van der Waals surface area contributed by atoms with Crippen molar-refractivity contribution in [1.82, 2.24) is 0 Å². The van der Waals surface area contributed by atoms with Crippen LogP contribution >= 0.6 is 0 Å². The molecular formula is C26H34. The number of aryl methyl sites for hydroxylation is 6. The molecule has 0 heterocycles. The van der Waals surface area contributed by atoms with Gasteiger partial charge in [0, 0.05) is 0 Å². The topological polar surface area (TPSA) is 0 Å². The third-order valence-electron chi connectivity index (χ3n) is 7.14. The first kappa shape index (κ1) is 19.0. The van der Waals surface area contributed by atoms with E-state index in [1.165, 1.54) is 77.2 Å². The molecule has 0 heteroatoms. The van der Waals surface area contributed by atoms with Gasteiger partial charge in [0.2, 0.25) is 0 Å². The van der Waals surface area contributed by atoms with Crippen molar-refractivity contribution in [3.05, 3.63) is 55.6 Å². The van der Waals surface area contributed by atoms with Gasteiger partial charge in [0.1, 0.15) is 0 Å². The molecule has 0 N–H and O–H groups in total. The van der Waals surface area contributed by atoms with E-state index in [-0.39, 0.29) is 0 Å². The Balaban J connectivity index is 2.78. The van der Waals surface area contributed by atoms with Gasteiger partial charge >= 0.3 is 0 Å². The van der Waals surface area contributed by atoms with E-state index in [1.807, 2.05) is 0 Å². The zero-order valence-electron chi connectivity index (χ0n) is 18.6. The Kier molecular flexibility index (Phi) is 4.46. The average Bonchev–Trinajstić information content (AvgIpc) is 2.57. The van der Waals surface area contributed by atoms with Crippen LogP contribution in [0.2, 0.25) is 0 Å². The van der Waals surface area contributed by atoms with Gasteiger partial charge in [0.15, 0.2) is 0 Å². The van der Waals surface area contributed by atoms with Crippen molar-refractivity contribution in [2.45, 2.75) is 82.1 Å². The molecule has 138 valence electrons. The maximum Gasteiger partial charge on any atom is -0.0111 e. The Hall–Kier alpha value is -1.82. The monoisotopic (exact) mass is 346 g/mol. The Morgan fingerprint density at radius 3 is 1.00 bits per heavy atom. The average molecular weight is 347 g/mol. The normalized spacial score (nSPS) is 12.0. The van der Waals surface area contributed by atoms with Crippen molar-refractivity contribution in [3.8, 4) is 0 Å². The summed E-state index contributed by atoms with van der Waals surface area (Å²) in [5.74, 6) is 0.552. The van der Waals surface area contributed by atoms with Crippen LogP contribution in [0.3, 0.4) is 0 Å². The molecule has 0 saturated heterocycles. The van der Waals surface area contributed by atoms with E-state index in [0.29, 0.717) is 5.92 Å². The largest absolute Gasteiger partial charge is 0.0587 e. The Bertz CT molecular complexity index is 1080. The van der Waals surface area contributed by atoms with E-state index >= 15 is 0 Å². The lowest BCUT2D eigenvalue weighted by Gasteiger charge is -2.26. The van der Waals surface area contributed by atoms with Crippen molar-refractivity contribution >= 4 is 21.5 Å². The first-order valence-corrected chi connectivity index (χ1v) is 9.94. The summed E-state index contributed by atoms with van der Waals surface area (Å²) in [6.45, 7) is 25.5. The lowest BCUT2D eigenvalue weighted by atomic mass is 9.78. The van der Waals surface area contributed by atoms with Crippen molar-refractivity contribution in [3.63, 3.8) is 0 Å². The minimum absolute atomic E-state index is 0.552. The van der Waals surface area contributed by atoms with Gasteiger partial charge in [0.25, 0.3) is 0 Å². The Labute approximate surface area is 159 Å². The second kappa shape index (κ2) is 6.12. The molecule has 0 aliphatic heterocycles. The van der Waals surface area contributed by atoms with Crippen LogP contribution < -0.4 is 0 Å². The van der Waals surface area contributed by atoms with E-state index in [4.69, 9.17) is 0 Å². The molecule has 0 saturated carbocycles. The fourth-order valence-corrected chi connectivity index (χ4v) is 5.48. The third kappa shape index (κ3) is 2.27. The quantitative estimate of drug-likeness (QED) is 0.393. The zero-order chi connectivity index (χ0) is 19.7. The van der Waals surface area contributed by atoms with Crippen LogP contribution in [-0.2, 0) is 0 Å². The second-order valence-electron chi connectivity index (χ2n) is 8.69. The maximum atomic E-state index is 2.34. The lowest BCUT2D eigenvalue weighted by molar-refractivity contribution is 0.847. The minimum atomic E-state index is 0.552. The molecular weight excluding hydrogens is 312 g/mol. The van der Waals surface area contributed by atoms with E-state index in [9.17, 15) is 0 Å². The van der Waals surface area contributed by atoms with Crippen molar-refractivity contribution in [1.29, 1.82) is 0 Å². The summed E-state index contributed by atoms with van der Waals surface area (Å²) in [7, 11) is 0. The SMILES string of the molecule is Cc1c(C)c(C)c2c(C)c3c(C)c(C(C)C)c(C)c(C)c3c(C)c2c1C. The number of benzene rings is 3. The van der Waals surface area contributed by atoms with Gasteiger partial charge in [0.05, 0.1) is 0 Å². The molecule has 26 heavy (non-hydrogen) atoms. The summed E-state index contributed by atoms with van der Waals surface area (Å²) in [5, 5.41) is 5.94. The fourth-order valence-electron chi connectivity index (χ4n) is 5.48. The molecule has 0 spiro atoms. The van der Waals surface area contributed by atoms with Crippen LogP contribution in [0.1, 0.15) is 75.4 Å². The maximum absolute atomic E-state index is 2.34. The van der Waals surface area contributed by atoms with Crippen molar-refractivity contribution in [2.75, 3.05) is 0 Å². The highest BCUT2D eigenvalue weighted by molar-refractivity contribution is 6.11. The summed E-state index contributed by atoms with van der Waals surface area (Å²) in [4.78, 5) is 0. The van der Waals surface area contributed by atoms with Gasteiger partial charge < -0.3 is 0 Å². The molecule has 0 bridgehead atoms. The van der Waals surface area contributed by atoms with Gasteiger partial charge in [-0.1, -0.05) is 13.8 Å². The van der Waals surface area contributed by atoms with Gasteiger partial charge in [-0.25, -0.2) is 0 Å². The third-order valence-corrected chi connectivity index (χ3v) is 7.14. The van der Waals surface area contributed by atoms with E-state index in [1.54, 1.807) is 0 Å². The molecule has 3 rings (SSSR count). The predicted molar refractivity (Wildman–Crippen MR) is 118 cm³/mol. The molecule has 0 aromatic heterocycles. The standard InChI is InChI=1S/C26H34/c1-12(2)22-17(7)18(8)25-20(10)23-15(5)13(3)14(4)16(6)24(23)21(11)26(25)19(22)9/h12H,1-11H3. The van der Waals surface area contributed by atoms with Crippen molar-refractivity contribution < 1.29 is 0 Å². The smallest absolute Gasteiger partial charge is 0.0111 e. The molecule has 0 nitrogen and oxygen atoms in total. The number of fused-ring (bicyclic) bond motifs is 2. The minimum Gasteiger partial charge on any atom is -0.0587 e. The van der Waals surface area contributed by atoms with Gasteiger partial charge in [-0.3, -0.25) is 0 Å². The van der Waals surface area contributed by atoms with Crippen LogP contribution in [0.5, 0.6) is 0 Å². The van der Waals surface area contributed by atoms with Crippen LogP contribution in [-0.4, -0.2) is 0 Å². The first-order chi connectivity index (χ1) is 12.0. The molecule has 0 amide bonds. The predicted octanol–water partition coefficient (Wildman–Crippen LogP) is 7.89. The van der Waals surface area contributed by atoms with Gasteiger partial charge in [-0.2, -0.15) is 0 Å². The van der Waals surface area contributed by atoms with E-state index in [2.05, 4.69) is 76.2 Å². The lowest BCUT2D eigenvalue weighted by Crippen LogP contribution is -2.05. The van der Waals surface area contributed by atoms with Crippen LogP contribution in [0, 0.1) is 62.3 Å². The van der Waals surface area contributed by atoms with Gasteiger partial charge in [-0.15, -0.1) is 0 Å². The number of hydrogen-bond acceptors (Lipinski definition) is 0. The molecule has 0 radical (unpaired) electrons. The Morgan fingerprint density at radius 1 is 0.346 bits per heavy atom. The summed E-state index contributed by atoms with van der Waals surface area (Å²) >= 11 is 0. The van der Waals surface area contributed by atoms with Gasteiger partial charge in [-0.05, 0) is 145 Å². The highest BCUT2D eigenvalue weighted by Gasteiger charge is 2.22. The zero-order valence-corrected chi connectivity index (χ0v) is 18.6. The van der Waals surface area contributed by atoms with Crippen LogP contribution in [0.25, 0.3) is 21.5 Å². The summed E-state index contributed by atoms with van der Waals surface area (Å²) in [6, 6.07) is 0. The molecule has 0 fully saturated rings.